The van der Waals surface area contributed by atoms with Crippen LogP contribution in [0.5, 0.6) is 11.5 Å². The zero-order chi connectivity index (χ0) is 18.2. The first kappa shape index (κ1) is 17.3. The molecule has 0 atom stereocenters. The Bertz CT molecular complexity index is 852. The van der Waals surface area contributed by atoms with Gasteiger partial charge < -0.3 is 14.8 Å². The predicted molar refractivity (Wildman–Crippen MR) is 101 cm³/mol. The van der Waals surface area contributed by atoms with Gasteiger partial charge in [-0.3, -0.25) is 5.32 Å². The van der Waals surface area contributed by atoms with Crippen molar-refractivity contribution in [1.82, 2.24) is 4.98 Å². The topological polar surface area (TPSA) is 72.5 Å². The summed E-state index contributed by atoms with van der Waals surface area (Å²) in [6.07, 6.45) is 1.10. The fourth-order valence-corrected chi connectivity index (χ4v) is 2.24. The molecule has 3 rings (SSSR count). The average Bonchev–Trinajstić information content (AvgIpc) is 2.66. The molecule has 1 aromatic heterocycles. The number of nitrogens with one attached hydrogen (secondary N) is 2. The van der Waals surface area contributed by atoms with Crippen LogP contribution in [0.4, 0.5) is 22.0 Å². The maximum atomic E-state index is 11.4. The van der Waals surface area contributed by atoms with E-state index in [0.29, 0.717) is 18.2 Å². The molecule has 0 bridgehead atoms. The van der Waals surface area contributed by atoms with E-state index in [0.717, 1.165) is 17.1 Å². The Morgan fingerprint density at radius 3 is 2.50 bits per heavy atom. The molecule has 0 unspecified atom stereocenters. The number of nitrogens with zero attached hydrogens (tertiary/aromatic N) is 1. The number of rotatable bonds is 6. The number of hydrogen-bond acceptors (Lipinski definition) is 5. The third-order valence-corrected chi connectivity index (χ3v) is 3.41. The van der Waals surface area contributed by atoms with Crippen molar-refractivity contribution in [2.24, 2.45) is 0 Å². The van der Waals surface area contributed by atoms with E-state index < -0.39 is 6.09 Å². The minimum absolute atomic E-state index is 0.309. The van der Waals surface area contributed by atoms with Gasteiger partial charge in [0.25, 0.3) is 0 Å². The largest absolute Gasteiger partial charge is 0.455 e. The van der Waals surface area contributed by atoms with Crippen molar-refractivity contribution in [3.8, 4) is 11.5 Å². The van der Waals surface area contributed by atoms with Crippen LogP contribution in [0.15, 0.2) is 72.9 Å². The first-order valence-electron chi connectivity index (χ1n) is 8.23. The molecule has 6 heteroatoms. The summed E-state index contributed by atoms with van der Waals surface area (Å²) in [6.45, 7) is 2.05. The summed E-state index contributed by atoms with van der Waals surface area (Å²) in [5.74, 6) is 1.88. The first-order chi connectivity index (χ1) is 12.7. The van der Waals surface area contributed by atoms with Crippen LogP contribution in [0.25, 0.3) is 0 Å². The van der Waals surface area contributed by atoms with Gasteiger partial charge in [0, 0.05) is 0 Å². The maximum Gasteiger partial charge on any atom is 0.412 e. The molecule has 0 aliphatic rings. The third kappa shape index (κ3) is 4.73. The van der Waals surface area contributed by atoms with Crippen molar-refractivity contribution in [3.63, 3.8) is 0 Å². The van der Waals surface area contributed by atoms with E-state index in [-0.39, 0.29) is 0 Å². The normalized spacial score (nSPS) is 10.0. The highest BCUT2D eigenvalue weighted by Gasteiger charge is 2.06. The number of anilines is 3. The second-order valence-electron chi connectivity index (χ2n) is 5.31. The number of hydrogen-bond donors (Lipinski definition) is 2. The molecule has 0 aliphatic heterocycles. The Morgan fingerprint density at radius 1 is 1.00 bits per heavy atom. The van der Waals surface area contributed by atoms with Gasteiger partial charge in [0.05, 0.1) is 24.2 Å². The van der Waals surface area contributed by atoms with Crippen molar-refractivity contribution in [1.29, 1.82) is 0 Å². The number of aromatic nitrogens is 1. The number of carbonyl (C=O) groups is 1. The fourth-order valence-electron chi connectivity index (χ4n) is 2.24. The van der Waals surface area contributed by atoms with Crippen LogP contribution in [-0.2, 0) is 4.74 Å². The summed E-state index contributed by atoms with van der Waals surface area (Å²) in [7, 11) is 0. The molecule has 0 spiro atoms. The highest BCUT2D eigenvalue weighted by molar-refractivity contribution is 5.83. The highest BCUT2D eigenvalue weighted by atomic mass is 16.5. The van der Waals surface area contributed by atoms with Gasteiger partial charge in [-0.25, -0.2) is 9.78 Å². The molecule has 0 aliphatic carbocycles. The molecule has 0 saturated heterocycles. The van der Waals surface area contributed by atoms with Crippen LogP contribution in [0.3, 0.4) is 0 Å². The van der Waals surface area contributed by atoms with E-state index >= 15 is 0 Å². The lowest BCUT2D eigenvalue weighted by Crippen LogP contribution is -2.14. The lowest BCUT2D eigenvalue weighted by Gasteiger charge is -2.13. The molecule has 6 nitrogen and oxygen atoms in total. The van der Waals surface area contributed by atoms with E-state index in [1.165, 1.54) is 0 Å². The lowest BCUT2D eigenvalue weighted by atomic mass is 10.2. The Labute approximate surface area is 151 Å². The zero-order valence-electron chi connectivity index (χ0n) is 14.3. The Balaban J connectivity index is 1.70. The Hall–Kier alpha value is -3.54. The molecule has 0 radical (unpaired) electrons. The van der Waals surface area contributed by atoms with Crippen LogP contribution in [-0.4, -0.2) is 17.7 Å². The predicted octanol–water partition coefficient (Wildman–Crippen LogP) is 5.19. The van der Waals surface area contributed by atoms with Crippen molar-refractivity contribution < 1.29 is 14.3 Å². The van der Waals surface area contributed by atoms with Gasteiger partial charge in [0.1, 0.15) is 11.6 Å². The van der Waals surface area contributed by atoms with Gasteiger partial charge in [-0.05, 0) is 43.3 Å². The van der Waals surface area contributed by atoms with Gasteiger partial charge in [-0.1, -0.05) is 30.3 Å². The first-order valence-corrected chi connectivity index (χ1v) is 8.23. The summed E-state index contributed by atoms with van der Waals surface area (Å²) in [6, 6.07) is 20.7. The van der Waals surface area contributed by atoms with Gasteiger partial charge in [0.15, 0.2) is 5.75 Å². The van der Waals surface area contributed by atoms with Crippen molar-refractivity contribution >= 4 is 23.3 Å². The number of benzene rings is 2. The molecular formula is C20H19N3O3. The summed E-state index contributed by atoms with van der Waals surface area (Å²) < 4.78 is 10.8. The lowest BCUT2D eigenvalue weighted by molar-refractivity contribution is 0.168. The molecule has 2 N–H and O–H groups in total. The fraction of sp³-hybridized carbons (Fsp3) is 0.100. The van der Waals surface area contributed by atoms with Gasteiger partial charge in [-0.2, -0.15) is 0 Å². The number of amides is 1. The molecule has 1 heterocycles. The van der Waals surface area contributed by atoms with E-state index in [9.17, 15) is 4.79 Å². The second-order valence-corrected chi connectivity index (χ2v) is 5.31. The smallest absolute Gasteiger partial charge is 0.412 e. The van der Waals surface area contributed by atoms with Crippen LogP contribution in [0, 0.1) is 0 Å². The van der Waals surface area contributed by atoms with Gasteiger partial charge in [-0.15, -0.1) is 0 Å². The Kier molecular flexibility index (Phi) is 5.67. The van der Waals surface area contributed by atoms with Crippen LogP contribution < -0.4 is 15.4 Å². The zero-order valence-corrected chi connectivity index (χ0v) is 14.3. The minimum Gasteiger partial charge on any atom is -0.455 e. The van der Waals surface area contributed by atoms with E-state index in [4.69, 9.17) is 9.47 Å². The van der Waals surface area contributed by atoms with Crippen LogP contribution >= 0.6 is 0 Å². The molecule has 132 valence electrons. The van der Waals surface area contributed by atoms with Crippen molar-refractivity contribution in [2.45, 2.75) is 6.92 Å². The van der Waals surface area contributed by atoms with Crippen molar-refractivity contribution in [2.75, 3.05) is 17.2 Å². The second kappa shape index (κ2) is 8.53. The quantitative estimate of drug-likeness (QED) is 0.641. The summed E-state index contributed by atoms with van der Waals surface area (Å²) in [5.41, 5.74) is 1.58. The molecule has 0 fully saturated rings. The van der Waals surface area contributed by atoms with E-state index in [1.54, 1.807) is 19.2 Å². The molecule has 26 heavy (non-hydrogen) atoms. The molecule has 2 aromatic carbocycles. The highest BCUT2D eigenvalue weighted by Crippen LogP contribution is 2.31. The summed E-state index contributed by atoms with van der Waals surface area (Å²) in [5, 5.41) is 5.82. The molecular weight excluding hydrogens is 330 g/mol. The molecule has 0 saturated carbocycles. The number of carbonyl (C=O) groups excluding carboxylic acids is 1. The number of ether oxygens (including phenoxy) is 2. The third-order valence-electron chi connectivity index (χ3n) is 3.41. The van der Waals surface area contributed by atoms with Gasteiger partial charge >= 0.3 is 6.09 Å². The Morgan fingerprint density at radius 2 is 1.77 bits per heavy atom. The molecule has 3 aromatic rings. The van der Waals surface area contributed by atoms with E-state index in [2.05, 4.69) is 15.6 Å². The number of para-hydroxylation sites is 3. The van der Waals surface area contributed by atoms with Crippen LogP contribution in [0.1, 0.15) is 6.92 Å². The van der Waals surface area contributed by atoms with Crippen molar-refractivity contribution in [3.05, 3.63) is 72.9 Å². The average molecular weight is 349 g/mol. The van der Waals surface area contributed by atoms with E-state index in [1.807, 2.05) is 60.7 Å². The standard InChI is InChI=1S/C20H19N3O3/c1-2-25-20(24)23-19-13-12-15(14-21-19)22-17-10-6-7-11-18(17)26-16-8-4-3-5-9-16/h3-14,22H,2H2,1H3,(H,21,23,24). The van der Waals surface area contributed by atoms with Gasteiger partial charge in [0.2, 0.25) is 0 Å². The minimum atomic E-state index is -0.526. The maximum absolute atomic E-state index is 11.4. The SMILES string of the molecule is CCOC(=O)Nc1ccc(Nc2ccccc2Oc2ccccc2)cn1. The summed E-state index contributed by atoms with van der Waals surface area (Å²) >= 11 is 0. The summed E-state index contributed by atoms with van der Waals surface area (Å²) in [4.78, 5) is 15.6. The number of pyridine rings is 1. The van der Waals surface area contributed by atoms with Crippen LogP contribution in [0.2, 0.25) is 0 Å². The monoisotopic (exact) mass is 349 g/mol. The molecule has 1 amide bonds.